The molecule has 0 aliphatic carbocycles. The van der Waals surface area contributed by atoms with Crippen molar-refractivity contribution in [2.24, 2.45) is 10.9 Å². The van der Waals surface area contributed by atoms with Crippen molar-refractivity contribution in [3.63, 3.8) is 0 Å². The second kappa shape index (κ2) is 9.14. The number of amides is 1. The van der Waals surface area contributed by atoms with Gasteiger partial charge in [-0.1, -0.05) is 6.07 Å². The largest absolute Gasteiger partial charge is 0.338 e. The van der Waals surface area contributed by atoms with Crippen LogP contribution in [0.1, 0.15) is 36.1 Å². The van der Waals surface area contributed by atoms with E-state index < -0.39 is 11.6 Å². The van der Waals surface area contributed by atoms with E-state index in [1.165, 1.54) is 29.3 Å². The van der Waals surface area contributed by atoms with Crippen molar-refractivity contribution in [2.75, 3.05) is 32.7 Å². The zero-order chi connectivity index (χ0) is 22.9. The fourth-order valence-corrected chi connectivity index (χ4v) is 5.17. The molecule has 1 aromatic carbocycles. The van der Waals surface area contributed by atoms with Gasteiger partial charge in [-0.25, -0.2) is 8.78 Å². The number of benzene rings is 1. The van der Waals surface area contributed by atoms with Crippen molar-refractivity contribution in [3.8, 4) is 0 Å². The maximum absolute atomic E-state index is 14.0. The molecule has 1 aromatic heterocycles. The van der Waals surface area contributed by atoms with Crippen LogP contribution in [0.15, 0.2) is 52.7 Å². The van der Waals surface area contributed by atoms with Crippen molar-refractivity contribution in [1.82, 2.24) is 14.8 Å². The average molecular weight is 451 g/mol. The SMILES string of the molecule is Cc1cc(C2=NCC3=C2CN(C(=O)C[C@@H]2CCN(Cc4c(F)cccc4F)C2)CC3)ccn1. The Morgan fingerprint density at radius 3 is 2.79 bits per heavy atom. The first kappa shape index (κ1) is 21.9. The minimum absolute atomic E-state index is 0.111. The molecular weight excluding hydrogens is 422 g/mol. The van der Waals surface area contributed by atoms with Gasteiger partial charge in [0.25, 0.3) is 0 Å². The smallest absolute Gasteiger partial charge is 0.223 e. The first-order valence-electron chi connectivity index (χ1n) is 11.6. The summed E-state index contributed by atoms with van der Waals surface area (Å²) in [7, 11) is 0. The van der Waals surface area contributed by atoms with Crippen molar-refractivity contribution >= 4 is 11.6 Å². The van der Waals surface area contributed by atoms with Crippen LogP contribution in [0.2, 0.25) is 0 Å². The van der Waals surface area contributed by atoms with Gasteiger partial charge in [-0.15, -0.1) is 0 Å². The van der Waals surface area contributed by atoms with Crippen LogP contribution in [-0.4, -0.2) is 59.1 Å². The fraction of sp³-hybridized carbons (Fsp3) is 0.423. The average Bonchev–Trinajstić information content (AvgIpc) is 3.42. The number of pyridine rings is 1. The molecule has 2 aromatic rings. The Morgan fingerprint density at radius 2 is 2.00 bits per heavy atom. The van der Waals surface area contributed by atoms with E-state index in [0.717, 1.165) is 49.4 Å². The molecule has 0 bridgehead atoms. The van der Waals surface area contributed by atoms with E-state index >= 15 is 0 Å². The van der Waals surface area contributed by atoms with E-state index in [9.17, 15) is 13.6 Å². The molecule has 5 rings (SSSR count). The molecule has 0 radical (unpaired) electrons. The normalized spacial score (nSPS) is 20.9. The number of hydrogen-bond acceptors (Lipinski definition) is 4. The zero-order valence-electron chi connectivity index (χ0n) is 18.9. The number of hydrogen-bond donors (Lipinski definition) is 0. The topological polar surface area (TPSA) is 48.8 Å². The lowest BCUT2D eigenvalue weighted by Crippen LogP contribution is -2.39. The lowest BCUT2D eigenvalue weighted by atomic mass is 9.94. The molecule has 0 unspecified atom stereocenters. The highest BCUT2D eigenvalue weighted by Gasteiger charge is 2.32. The highest BCUT2D eigenvalue weighted by atomic mass is 19.1. The third-order valence-electron chi connectivity index (χ3n) is 6.97. The van der Waals surface area contributed by atoms with Crippen LogP contribution >= 0.6 is 0 Å². The van der Waals surface area contributed by atoms with E-state index in [1.807, 2.05) is 28.9 Å². The van der Waals surface area contributed by atoms with Crippen LogP contribution in [0.3, 0.4) is 0 Å². The molecule has 1 amide bonds. The maximum Gasteiger partial charge on any atom is 0.223 e. The number of carbonyl (C=O) groups excluding carboxylic acids is 1. The molecule has 7 heteroatoms. The number of aromatic nitrogens is 1. The van der Waals surface area contributed by atoms with Gasteiger partial charge in [0.05, 0.1) is 12.3 Å². The highest BCUT2D eigenvalue weighted by molar-refractivity contribution is 6.15. The molecule has 3 aliphatic heterocycles. The molecule has 5 nitrogen and oxygen atoms in total. The Balaban J connectivity index is 1.19. The number of halogens is 2. The first-order valence-corrected chi connectivity index (χ1v) is 11.6. The summed E-state index contributed by atoms with van der Waals surface area (Å²) in [5.74, 6) is -0.652. The number of aliphatic imine (C=N–C) groups is 1. The van der Waals surface area contributed by atoms with Gasteiger partial charge >= 0.3 is 0 Å². The van der Waals surface area contributed by atoms with Crippen molar-refractivity contribution in [3.05, 3.63) is 76.1 Å². The maximum atomic E-state index is 14.0. The molecule has 1 saturated heterocycles. The second-order valence-electron chi connectivity index (χ2n) is 9.29. The fourth-order valence-electron chi connectivity index (χ4n) is 5.17. The Hall–Kier alpha value is -2.93. The van der Waals surface area contributed by atoms with Crippen LogP contribution in [0.5, 0.6) is 0 Å². The summed E-state index contributed by atoms with van der Waals surface area (Å²) in [5, 5.41) is 0. The Labute approximate surface area is 192 Å². The minimum Gasteiger partial charge on any atom is -0.338 e. The molecule has 172 valence electrons. The predicted octanol–water partition coefficient (Wildman–Crippen LogP) is 3.91. The number of nitrogens with zero attached hydrogens (tertiary/aromatic N) is 4. The summed E-state index contributed by atoms with van der Waals surface area (Å²) in [5.41, 5.74) is 5.64. The Bertz CT molecular complexity index is 1120. The number of likely N-dealkylation sites (tertiary alicyclic amines) is 1. The zero-order valence-corrected chi connectivity index (χ0v) is 18.9. The summed E-state index contributed by atoms with van der Waals surface area (Å²) in [6, 6.07) is 8.00. The molecule has 0 saturated carbocycles. The van der Waals surface area contributed by atoms with Crippen LogP contribution in [0.4, 0.5) is 8.78 Å². The van der Waals surface area contributed by atoms with E-state index in [0.29, 0.717) is 19.5 Å². The molecule has 1 atom stereocenters. The van der Waals surface area contributed by atoms with E-state index in [4.69, 9.17) is 4.99 Å². The van der Waals surface area contributed by atoms with Gasteiger partial charge in [-0.2, -0.15) is 0 Å². The minimum atomic E-state index is -0.509. The van der Waals surface area contributed by atoms with Gasteiger partial charge in [-0.05, 0) is 67.6 Å². The standard InChI is InChI=1S/C26H28F2N4O/c1-17-11-19(5-8-29-17)26-21-16-32(10-7-20(21)13-30-26)25(33)12-18-6-9-31(14-18)15-22-23(27)3-2-4-24(22)28/h2-5,8,11,18H,6-7,9-10,12-16H2,1H3/t18-/m0/s1. The number of aryl methyl sites for hydroxylation is 1. The van der Waals surface area contributed by atoms with E-state index in [1.54, 1.807) is 6.20 Å². The number of carbonyl (C=O) groups is 1. The third-order valence-corrected chi connectivity index (χ3v) is 6.97. The van der Waals surface area contributed by atoms with Gasteiger partial charge in [-0.3, -0.25) is 19.7 Å². The first-order chi connectivity index (χ1) is 16.0. The summed E-state index contributed by atoms with van der Waals surface area (Å²) in [6.45, 7) is 5.70. The van der Waals surface area contributed by atoms with Crippen LogP contribution in [0.25, 0.3) is 0 Å². The second-order valence-corrected chi connectivity index (χ2v) is 9.29. The summed E-state index contributed by atoms with van der Waals surface area (Å²) in [6.07, 6.45) is 4.00. The molecule has 4 heterocycles. The van der Waals surface area contributed by atoms with Crippen molar-refractivity contribution in [2.45, 2.75) is 32.7 Å². The van der Waals surface area contributed by atoms with Gasteiger partial charge in [0, 0.05) is 55.6 Å². The molecule has 1 fully saturated rings. The molecule has 3 aliphatic rings. The highest BCUT2D eigenvalue weighted by Crippen LogP contribution is 2.29. The van der Waals surface area contributed by atoms with Gasteiger partial charge in [0.15, 0.2) is 0 Å². The van der Waals surface area contributed by atoms with Gasteiger partial charge < -0.3 is 4.90 Å². The quantitative estimate of drug-likeness (QED) is 0.694. The monoisotopic (exact) mass is 450 g/mol. The van der Waals surface area contributed by atoms with Crippen LogP contribution in [-0.2, 0) is 11.3 Å². The van der Waals surface area contributed by atoms with E-state index in [2.05, 4.69) is 4.98 Å². The lowest BCUT2D eigenvalue weighted by molar-refractivity contribution is -0.131. The molecule has 33 heavy (non-hydrogen) atoms. The van der Waals surface area contributed by atoms with Crippen LogP contribution < -0.4 is 0 Å². The summed E-state index contributed by atoms with van der Waals surface area (Å²) in [4.78, 5) is 26.2. The summed E-state index contributed by atoms with van der Waals surface area (Å²) >= 11 is 0. The molecule has 0 N–H and O–H groups in total. The lowest BCUT2D eigenvalue weighted by Gasteiger charge is -2.30. The van der Waals surface area contributed by atoms with Gasteiger partial charge in [0.2, 0.25) is 5.91 Å². The number of rotatable bonds is 5. The van der Waals surface area contributed by atoms with Crippen LogP contribution in [0, 0.1) is 24.5 Å². The third kappa shape index (κ3) is 4.60. The predicted molar refractivity (Wildman–Crippen MR) is 123 cm³/mol. The van der Waals surface area contributed by atoms with Crippen molar-refractivity contribution in [1.29, 1.82) is 0 Å². The summed E-state index contributed by atoms with van der Waals surface area (Å²) < 4.78 is 28.0. The Morgan fingerprint density at radius 1 is 1.18 bits per heavy atom. The van der Waals surface area contributed by atoms with Crippen molar-refractivity contribution < 1.29 is 13.6 Å². The van der Waals surface area contributed by atoms with E-state index in [-0.39, 0.29) is 23.9 Å². The molecule has 0 spiro atoms. The van der Waals surface area contributed by atoms with Gasteiger partial charge in [0.1, 0.15) is 11.6 Å². The molecular formula is C26H28F2N4O. The Kier molecular flexibility index (Phi) is 6.06.